The summed E-state index contributed by atoms with van der Waals surface area (Å²) < 4.78 is 43.4. The van der Waals surface area contributed by atoms with Crippen molar-refractivity contribution >= 4 is 10.0 Å². The minimum atomic E-state index is -3.64. The standard InChI is InChI=1S/C24H21FN4O2S/c1-17-15-19(11-12-26-17)23-22-16-28(32(30,31)21-5-3-2-4-6-21)13-14-29(22)27-24(23)18-7-9-20(25)10-8-18/h2-12,15H,13-14,16H2,1H3. The van der Waals surface area contributed by atoms with Crippen LogP contribution in [0, 0.1) is 12.7 Å². The van der Waals surface area contributed by atoms with Gasteiger partial charge in [-0.3, -0.25) is 9.67 Å². The summed E-state index contributed by atoms with van der Waals surface area (Å²) in [6.07, 6.45) is 1.73. The van der Waals surface area contributed by atoms with Gasteiger partial charge in [-0.05, 0) is 61.0 Å². The van der Waals surface area contributed by atoms with Gasteiger partial charge in [-0.1, -0.05) is 18.2 Å². The molecule has 0 fully saturated rings. The van der Waals surface area contributed by atoms with Crippen molar-refractivity contribution in [1.29, 1.82) is 0 Å². The first-order valence-electron chi connectivity index (χ1n) is 10.3. The summed E-state index contributed by atoms with van der Waals surface area (Å²) in [5, 5.41) is 4.80. The molecule has 6 nitrogen and oxygen atoms in total. The number of sulfonamides is 1. The van der Waals surface area contributed by atoms with Crippen LogP contribution in [-0.4, -0.2) is 34.0 Å². The maximum atomic E-state index is 13.5. The molecular formula is C24H21FN4O2S. The second-order valence-corrected chi connectivity index (χ2v) is 9.68. The van der Waals surface area contributed by atoms with Crippen LogP contribution in [0.3, 0.4) is 0 Å². The van der Waals surface area contributed by atoms with E-state index in [1.165, 1.54) is 16.4 Å². The van der Waals surface area contributed by atoms with Crippen molar-refractivity contribution < 1.29 is 12.8 Å². The molecule has 3 heterocycles. The molecule has 162 valence electrons. The SMILES string of the molecule is Cc1cc(-c2c(-c3ccc(F)cc3)nn3c2CN(S(=O)(=O)c2ccccc2)CC3)ccn1. The van der Waals surface area contributed by atoms with Crippen molar-refractivity contribution in [2.24, 2.45) is 0 Å². The number of rotatable bonds is 4. The smallest absolute Gasteiger partial charge is 0.243 e. The number of benzene rings is 2. The summed E-state index contributed by atoms with van der Waals surface area (Å²) in [6, 6.07) is 18.5. The summed E-state index contributed by atoms with van der Waals surface area (Å²) in [4.78, 5) is 4.56. The molecule has 32 heavy (non-hydrogen) atoms. The third-order valence-electron chi connectivity index (χ3n) is 5.63. The van der Waals surface area contributed by atoms with Crippen LogP contribution in [0.4, 0.5) is 4.39 Å². The zero-order chi connectivity index (χ0) is 22.3. The lowest BCUT2D eigenvalue weighted by molar-refractivity contribution is 0.327. The lowest BCUT2D eigenvalue weighted by Crippen LogP contribution is -2.38. The maximum absolute atomic E-state index is 13.5. The van der Waals surface area contributed by atoms with Crippen LogP contribution in [-0.2, 0) is 23.1 Å². The van der Waals surface area contributed by atoms with Gasteiger partial charge in [0.15, 0.2) is 0 Å². The van der Waals surface area contributed by atoms with Crippen LogP contribution in [0.2, 0.25) is 0 Å². The number of hydrogen-bond acceptors (Lipinski definition) is 4. The predicted molar refractivity (Wildman–Crippen MR) is 120 cm³/mol. The fourth-order valence-electron chi connectivity index (χ4n) is 4.06. The molecular weight excluding hydrogens is 427 g/mol. The van der Waals surface area contributed by atoms with E-state index in [4.69, 9.17) is 5.10 Å². The zero-order valence-corrected chi connectivity index (χ0v) is 18.3. The lowest BCUT2D eigenvalue weighted by atomic mass is 9.98. The monoisotopic (exact) mass is 448 g/mol. The Balaban J connectivity index is 1.64. The van der Waals surface area contributed by atoms with E-state index in [2.05, 4.69) is 4.98 Å². The molecule has 0 aliphatic carbocycles. The van der Waals surface area contributed by atoms with Crippen molar-refractivity contribution in [1.82, 2.24) is 19.1 Å². The van der Waals surface area contributed by atoms with Crippen molar-refractivity contribution in [3.63, 3.8) is 0 Å². The van der Waals surface area contributed by atoms with Gasteiger partial charge in [-0.25, -0.2) is 12.8 Å². The van der Waals surface area contributed by atoms with Gasteiger partial charge in [-0.15, -0.1) is 0 Å². The Hall–Kier alpha value is -3.36. The Labute approximate surface area is 186 Å². The number of nitrogens with zero attached hydrogens (tertiary/aromatic N) is 4. The fourth-order valence-corrected chi connectivity index (χ4v) is 5.47. The first-order chi connectivity index (χ1) is 15.4. The van der Waals surface area contributed by atoms with Gasteiger partial charge in [0.1, 0.15) is 11.5 Å². The Morgan fingerprint density at radius 2 is 1.69 bits per heavy atom. The van der Waals surface area contributed by atoms with Gasteiger partial charge in [0.2, 0.25) is 10.0 Å². The van der Waals surface area contributed by atoms with Gasteiger partial charge in [0.05, 0.1) is 23.7 Å². The highest BCUT2D eigenvalue weighted by molar-refractivity contribution is 7.89. The second kappa shape index (κ2) is 7.96. The first-order valence-corrected chi connectivity index (χ1v) is 11.7. The summed E-state index contributed by atoms with van der Waals surface area (Å²) in [5.41, 5.74) is 4.87. The number of hydrogen-bond donors (Lipinski definition) is 0. The predicted octanol–water partition coefficient (Wildman–Crippen LogP) is 4.26. The van der Waals surface area contributed by atoms with E-state index < -0.39 is 10.0 Å². The molecule has 0 saturated heterocycles. The molecule has 1 aliphatic rings. The number of pyridine rings is 1. The highest BCUT2D eigenvalue weighted by Crippen LogP contribution is 2.37. The average molecular weight is 449 g/mol. The Morgan fingerprint density at radius 1 is 0.938 bits per heavy atom. The second-order valence-electron chi connectivity index (χ2n) is 7.74. The summed E-state index contributed by atoms with van der Waals surface area (Å²) >= 11 is 0. The molecule has 0 bridgehead atoms. The van der Waals surface area contributed by atoms with E-state index in [0.717, 1.165) is 28.1 Å². The van der Waals surface area contributed by atoms with Gasteiger partial charge in [-0.2, -0.15) is 9.40 Å². The van der Waals surface area contributed by atoms with Crippen LogP contribution in [0.15, 0.2) is 77.8 Å². The van der Waals surface area contributed by atoms with Gasteiger partial charge >= 0.3 is 0 Å². The third kappa shape index (κ3) is 3.61. The highest BCUT2D eigenvalue weighted by atomic mass is 32.2. The molecule has 4 aromatic rings. The van der Waals surface area contributed by atoms with Crippen LogP contribution in [0.5, 0.6) is 0 Å². The van der Waals surface area contributed by atoms with E-state index in [1.54, 1.807) is 48.7 Å². The van der Waals surface area contributed by atoms with Crippen molar-refractivity contribution in [3.05, 3.63) is 90.1 Å². The summed E-state index contributed by atoms with van der Waals surface area (Å²) in [5.74, 6) is -0.320. The molecule has 0 amide bonds. The van der Waals surface area contributed by atoms with Crippen LogP contribution >= 0.6 is 0 Å². The summed E-state index contributed by atoms with van der Waals surface area (Å²) in [7, 11) is -3.64. The molecule has 0 spiro atoms. The van der Waals surface area contributed by atoms with Crippen LogP contribution in [0.1, 0.15) is 11.4 Å². The number of halogens is 1. The number of aromatic nitrogens is 3. The van der Waals surface area contributed by atoms with Crippen molar-refractivity contribution in [2.45, 2.75) is 24.9 Å². The Bertz CT molecular complexity index is 1380. The molecule has 2 aromatic heterocycles. The number of fused-ring (bicyclic) bond motifs is 1. The maximum Gasteiger partial charge on any atom is 0.243 e. The molecule has 8 heteroatoms. The highest BCUT2D eigenvalue weighted by Gasteiger charge is 2.32. The summed E-state index contributed by atoms with van der Waals surface area (Å²) in [6.45, 7) is 2.86. The number of aryl methyl sites for hydroxylation is 1. The van der Waals surface area contributed by atoms with Crippen molar-refractivity contribution in [2.75, 3.05) is 6.54 Å². The largest absolute Gasteiger partial charge is 0.266 e. The van der Waals surface area contributed by atoms with Crippen LogP contribution < -0.4 is 0 Å². The molecule has 5 rings (SSSR count). The minimum Gasteiger partial charge on any atom is -0.266 e. The van der Waals surface area contributed by atoms with E-state index in [-0.39, 0.29) is 17.3 Å². The van der Waals surface area contributed by atoms with Gasteiger partial charge in [0, 0.05) is 29.6 Å². The van der Waals surface area contributed by atoms with Gasteiger partial charge in [0.25, 0.3) is 0 Å². The quantitative estimate of drug-likeness (QED) is 0.468. The van der Waals surface area contributed by atoms with Gasteiger partial charge < -0.3 is 0 Å². The van der Waals surface area contributed by atoms with Crippen LogP contribution in [0.25, 0.3) is 22.4 Å². The molecule has 0 atom stereocenters. The Kier molecular flexibility index (Phi) is 5.11. The van der Waals surface area contributed by atoms with Crippen molar-refractivity contribution in [3.8, 4) is 22.4 Å². The minimum absolute atomic E-state index is 0.197. The topological polar surface area (TPSA) is 68.1 Å². The zero-order valence-electron chi connectivity index (χ0n) is 17.4. The fraction of sp³-hybridized carbons (Fsp3) is 0.167. The molecule has 0 unspecified atom stereocenters. The molecule has 0 radical (unpaired) electrons. The Morgan fingerprint density at radius 3 is 2.41 bits per heavy atom. The molecule has 1 aliphatic heterocycles. The molecule has 0 N–H and O–H groups in total. The van der Waals surface area contributed by atoms with E-state index in [1.807, 2.05) is 23.7 Å². The average Bonchev–Trinajstić information content (AvgIpc) is 3.19. The first kappa shape index (κ1) is 20.5. The van der Waals surface area contributed by atoms with E-state index >= 15 is 0 Å². The normalized spacial score (nSPS) is 14.3. The molecule has 0 saturated carbocycles. The van der Waals surface area contributed by atoms with E-state index in [0.29, 0.717) is 18.8 Å². The van der Waals surface area contributed by atoms with E-state index in [9.17, 15) is 12.8 Å². The molecule has 2 aromatic carbocycles. The third-order valence-corrected chi connectivity index (χ3v) is 7.49. The lowest BCUT2D eigenvalue weighted by Gasteiger charge is -2.27.